The van der Waals surface area contributed by atoms with Gasteiger partial charge in [-0.1, -0.05) is 12.1 Å². The summed E-state index contributed by atoms with van der Waals surface area (Å²) in [4.78, 5) is 10.5. The van der Waals surface area contributed by atoms with E-state index in [1.165, 1.54) is 6.92 Å². The van der Waals surface area contributed by atoms with E-state index in [1.54, 1.807) is 0 Å². The molecule has 0 atom stereocenters. The lowest BCUT2D eigenvalue weighted by molar-refractivity contribution is -0.142. The van der Waals surface area contributed by atoms with Gasteiger partial charge >= 0.3 is 5.97 Å². The van der Waals surface area contributed by atoms with E-state index in [1.807, 2.05) is 47.3 Å². The van der Waals surface area contributed by atoms with Gasteiger partial charge in [-0.15, -0.1) is 0 Å². The molecule has 13 heavy (non-hydrogen) atoms. The number of halogens is 1. The first-order valence-corrected chi connectivity index (χ1v) is 4.61. The van der Waals surface area contributed by atoms with Crippen LogP contribution in [0.1, 0.15) is 12.5 Å². The first-order chi connectivity index (χ1) is 6.22. The number of esters is 1. The maximum Gasteiger partial charge on any atom is 0.302 e. The molecule has 0 saturated heterocycles. The largest absolute Gasteiger partial charge is 0.461 e. The number of carbonyl (C=O) groups is 1. The highest BCUT2D eigenvalue weighted by Crippen LogP contribution is 2.14. The third-order valence-corrected chi connectivity index (χ3v) is 1.96. The standard InChI is InChI=1S/C9H9IO3/c1-7(11)12-6-8-2-4-9(13-10)5-3-8/h2-5H,6H2,1H3. The van der Waals surface area contributed by atoms with Gasteiger partial charge in [0.15, 0.2) is 23.0 Å². The Kier molecular flexibility index (Phi) is 4.01. The van der Waals surface area contributed by atoms with Crippen molar-refractivity contribution in [2.75, 3.05) is 0 Å². The molecule has 1 aromatic carbocycles. The van der Waals surface area contributed by atoms with Gasteiger partial charge in [0, 0.05) is 6.92 Å². The molecule has 0 saturated carbocycles. The Labute approximate surface area is 90.7 Å². The number of ether oxygens (including phenoxy) is 1. The number of benzene rings is 1. The van der Waals surface area contributed by atoms with Crippen molar-refractivity contribution in [1.82, 2.24) is 0 Å². The average molecular weight is 292 g/mol. The van der Waals surface area contributed by atoms with Crippen molar-refractivity contribution >= 4 is 29.0 Å². The Morgan fingerprint density at radius 3 is 2.46 bits per heavy atom. The molecule has 0 N–H and O–H groups in total. The fourth-order valence-electron chi connectivity index (χ4n) is 0.822. The summed E-state index contributed by atoms with van der Waals surface area (Å²) < 4.78 is 9.78. The molecule has 3 nitrogen and oxygen atoms in total. The van der Waals surface area contributed by atoms with Crippen LogP contribution < -0.4 is 3.07 Å². The highest BCUT2D eigenvalue weighted by Gasteiger charge is 1.96. The summed E-state index contributed by atoms with van der Waals surface area (Å²) >= 11 is 1.81. The van der Waals surface area contributed by atoms with Crippen molar-refractivity contribution in [2.24, 2.45) is 0 Å². The lowest BCUT2D eigenvalue weighted by Gasteiger charge is -2.02. The van der Waals surface area contributed by atoms with Crippen LogP contribution in [0, 0.1) is 0 Å². The summed E-state index contributed by atoms with van der Waals surface area (Å²) in [6.07, 6.45) is 0. The van der Waals surface area contributed by atoms with Crippen LogP contribution in [0.4, 0.5) is 0 Å². The molecule has 0 radical (unpaired) electrons. The molecule has 0 amide bonds. The second kappa shape index (κ2) is 5.06. The molecule has 70 valence electrons. The van der Waals surface area contributed by atoms with Crippen LogP contribution in [0.3, 0.4) is 0 Å². The zero-order valence-corrected chi connectivity index (χ0v) is 9.28. The zero-order valence-electron chi connectivity index (χ0n) is 7.12. The monoisotopic (exact) mass is 292 g/mol. The Hall–Kier alpha value is -0.780. The molecule has 0 aromatic heterocycles. The van der Waals surface area contributed by atoms with Gasteiger partial charge in [-0.05, 0) is 17.7 Å². The van der Waals surface area contributed by atoms with Gasteiger partial charge in [-0.2, -0.15) is 0 Å². The molecular weight excluding hydrogens is 283 g/mol. The van der Waals surface area contributed by atoms with Gasteiger partial charge < -0.3 is 7.80 Å². The SMILES string of the molecule is CC(=O)OCc1ccc(OI)cc1. The normalized spacial score (nSPS) is 9.38. The Morgan fingerprint density at radius 2 is 2.00 bits per heavy atom. The van der Waals surface area contributed by atoms with Gasteiger partial charge in [-0.3, -0.25) is 4.79 Å². The smallest absolute Gasteiger partial charge is 0.302 e. The minimum Gasteiger partial charge on any atom is -0.461 e. The molecule has 4 heteroatoms. The van der Waals surface area contributed by atoms with E-state index in [-0.39, 0.29) is 5.97 Å². The van der Waals surface area contributed by atoms with E-state index in [4.69, 9.17) is 7.80 Å². The molecule has 0 bridgehead atoms. The molecule has 0 fully saturated rings. The fourth-order valence-corrected chi connectivity index (χ4v) is 1.12. The topological polar surface area (TPSA) is 35.5 Å². The van der Waals surface area contributed by atoms with Gasteiger partial charge in [0.2, 0.25) is 0 Å². The summed E-state index contributed by atoms with van der Waals surface area (Å²) in [5, 5.41) is 0. The minimum absolute atomic E-state index is 0.269. The van der Waals surface area contributed by atoms with Crippen molar-refractivity contribution in [3.63, 3.8) is 0 Å². The molecule has 0 heterocycles. The number of rotatable bonds is 3. The van der Waals surface area contributed by atoms with Crippen LogP contribution in [0.5, 0.6) is 5.75 Å². The van der Waals surface area contributed by atoms with E-state index in [0.29, 0.717) is 6.61 Å². The first-order valence-electron chi connectivity index (χ1n) is 3.73. The molecule has 0 spiro atoms. The lowest BCUT2D eigenvalue weighted by Crippen LogP contribution is -1.98. The van der Waals surface area contributed by atoms with E-state index in [0.717, 1.165) is 11.3 Å². The summed E-state index contributed by atoms with van der Waals surface area (Å²) in [7, 11) is 0. The van der Waals surface area contributed by atoms with Gasteiger partial charge in [0.05, 0.1) is 0 Å². The molecule has 0 aliphatic heterocycles. The van der Waals surface area contributed by atoms with E-state index in [9.17, 15) is 4.79 Å². The van der Waals surface area contributed by atoms with Crippen molar-refractivity contribution in [1.29, 1.82) is 0 Å². The van der Waals surface area contributed by atoms with Crippen LogP contribution in [0.2, 0.25) is 0 Å². The second-order valence-corrected chi connectivity index (χ2v) is 2.94. The Morgan fingerprint density at radius 1 is 1.38 bits per heavy atom. The maximum atomic E-state index is 10.5. The van der Waals surface area contributed by atoms with Crippen molar-refractivity contribution in [3.05, 3.63) is 29.8 Å². The van der Waals surface area contributed by atoms with Crippen molar-refractivity contribution in [2.45, 2.75) is 13.5 Å². The molecule has 0 aliphatic rings. The Bertz CT molecular complexity index is 281. The van der Waals surface area contributed by atoms with Gasteiger partial charge in [0.1, 0.15) is 12.4 Å². The fraction of sp³-hybridized carbons (Fsp3) is 0.222. The predicted molar refractivity (Wildman–Crippen MR) is 56.6 cm³/mol. The summed E-state index contributed by atoms with van der Waals surface area (Å²) in [5.74, 6) is 0.515. The van der Waals surface area contributed by atoms with E-state index >= 15 is 0 Å². The molecule has 0 aliphatic carbocycles. The molecule has 0 unspecified atom stereocenters. The highest BCUT2D eigenvalue weighted by molar-refractivity contribution is 14.1. The molecule has 1 aromatic rings. The second-order valence-electron chi connectivity index (χ2n) is 2.50. The number of hydrogen-bond donors (Lipinski definition) is 0. The maximum absolute atomic E-state index is 10.5. The first kappa shape index (κ1) is 10.3. The number of carbonyl (C=O) groups excluding carboxylic acids is 1. The van der Waals surface area contributed by atoms with Gasteiger partial charge in [-0.25, -0.2) is 0 Å². The van der Waals surface area contributed by atoms with Crippen LogP contribution in [0.25, 0.3) is 0 Å². The predicted octanol–water partition coefficient (Wildman–Crippen LogP) is 2.48. The van der Waals surface area contributed by atoms with Crippen molar-refractivity contribution < 1.29 is 12.6 Å². The number of hydrogen-bond acceptors (Lipinski definition) is 3. The zero-order chi connectivity index (χ0) is 9.68. The van der Waals surface area contributed by atoms with E-state index < -0.39 is 0 Å². The van der Waals surface area contributed by atoms with Gasteiger partial charge in [0.25, 0.3) is 0 Å². The third kappa shape index (κ3) is 3.63. The third-order valence-electron chi connectivity index (χ3n) is 1.45. The molecular formula is C9H9IO3. The summed E-state index contributed by atoms with van der Waals surface area (Å²) in [5.41, 5.74) is 0.951. The molecule has 1 rings (SSSR count). The summed E-state index contributed by atoms with van der Waals surface area (Å²) in [6.45, 7) is 1.71. The lowest BCUT2D eigenvalue weighted by atomic mass is 10.2. The quantitative estimate of drug-likeness (QED) is 0.634. The highest BCUT2D eigenvalue weighted by atomic mass is 127. The summed E-state index contributed by atoms with van der Waals surface area (Å²) in [6, 6.07) is 7.37. The van der Waals surface area contributed by atoms with Crippen LogP contribution in [-0.2, 0) is 16.1 Å². The minimum atomic E-state index is -0.269. The van der Waals surface area contributed by atoms with E-state index in [2.05, 4.69) is 0 Å². The van der Waals surface area contributed by atoms with Crippen LogP contribution in [-0.4, -0.2) is 5.97 Å². The van der Waals surface area contributed by atoms with Crippen molar-refractivity contribution in [3.8, 4) is 5.75 Å². The van der Waals surface area contributed by atoms with Crippen LogP contribution in [0.15, 0.2) is 24.3 Å². The Balaban J connectivity index is 2.54. The average Bonchev–Trinajstić information content (AvgIpc) is 2.15. The van der Waals surface area contributed by atoms with Crippen LogP contribution >= 0.6 is 23.0 Å².